The first-order valence-corrected chi connectivity index (χ1v) is 12.9. The Morgan fingerprint density at radius 3 is 2.65 bits per heavy atom. The van der Waals surface area contributed by atoms with Crippen LogP contribution in [0.4, 0.5) is 5.82 Å². The van der Waals surface area contributed by atoms with E-state index in [2.05, 4.69) is 27.5 Å². The number of amides is 2. The zero-order valence-corrected chi connectivity index (χ0v) is 21.5. The van der Waals surface area contributed by atoms with Crippen molar-refractivity contribution < 1.29 is 14.7 Å². The monoisotopic (exact) mass is 485 g/mol. The number of aromatic nitrogens is 2. The van der Waals surface area contributed by atoms with E-state index in [0.29, 0.717) is 29.1 Å². The topological polar surface area (TPSA) is 107 Å². The van der Waals surface area contributed by atoms with Crippen LogP contribution in [0.5, 0.6) is 0 Å². The number of aryl methyl sites for hydroxylation is 1. The van der Waals surface area contributed by atoms with Crippen molar-refractivity contribution in [1.29, 1.82) is 0 Å². The highest BCUT2D eigenvalue weighted by Crippen LogP contribution is 2.36. The summed E-state index contributed by atoms with van der Waals surface area (Å²) in [6.07, 6.45) is 6.21. The molecule has 4 rings (SSSR count). The fourth-order valence-electron chi connectivity index (χ4n) is 4.31. The highest BCUT2D eigenvalue weighted by Gasteiger charge is 2.32. The average Bonchev–Trinajstić information content (AvgIpc) is 3.39. The Morgan fingerprint density at radius 2 is 2.06 bits per heavy atom. The second-order valence-corrected chi connectivity index (χ2v) is 11.3. The normalized spacial score (nSPS) is 19.2. The van der Waals surface area contributed by atoms with Crippen LogP contribution in [0.3, 0.4) is 0 Å². The molecule has 0 bridgehead atoms. The molecule has 3 N–H and O–H groups in total. The van der Waals surface area contributed by atoms with Crippen LogP contribution in [0.1, 0.15) is 79.2 Å². The number of likely N-dealkylation sites (tertiary alicyclic amines) is 1. The number of rotatable bonds is 8. The first-order valence-electron chi connectivity index (χ1n) is 12.1. The number of hydrogen-bond acceptors (Lipinski definition) is 7. The van der Waals surface area contributed by atoms with E-state index in [1.807, 2.05) is 24.8 Å². The van der Waals surface area contributed by atoms with E-state index in [0.717, 1.165) is 29.8 Å². The number of anilines is 1. The van der Waals surface area contributed by atoms with Gasteiger partial charge >= 0.3 is 0 Å². The van der Waals surface area contributed by atoms with E-state index in [-0.39, 0.29) is 23.5 Å². The number of thiazole rings is 1. The van der Waals surface area contributed by atoms with Gasteiger partial charge in [-0.2, -0.15) is 0 Å². The molecule has 1 saturated carbocycles. The summed E-state index contributed by atoms with van der Waals surface area (Å²) >= 11 is 1.20. The van der Waals surface area contributed by atoms with Crippen molar-refractivity contribution >= 4 is 29.0 Å². The third-order valence-corrected chi connectivity index (χ3v) is 7.67. The minimum absolute atomic E-state index is 0.0906. The lowest BCUT2D eigenvalue weighted by molar-refractivity contribution is 0.0692. The zero-order valence-electron chi connectivity index (χ0n) is 20.6. The molecule has 2 aromatic heterocycles. The Kier molecular flexibility index (Phi) is 6.96. The second-order valence-electron chi connectivity index (χ2n) is 10.3. The van der Waals surface area contributed by atoms with Crippen LogP contribution in [-0.4, -0.2) is 62.6 Å². The summed E-state index contributed by atoms with van der Waals surface area (Å²) in [5, 5.41) is 16.4. The van der Waals surface area contributed by atoms with Gasteiger partial charge in [-0.05, 0) is 77.8 Å². The van der Waals surface area contributed by atoms with Crippen molar-refractivity contribution in [1.82, 2.24) is 20.2 Å². The molecule has 34 heavy (non-hydrogen) atoms. The molecule has 3 heterocycles. The molecule has 2 fully saturated rings. The molecular weight excluding hydrogens is 450 g/mol. The highest BCUT2D eigenvalue weighted by atomic mass is 32.1. The molecule has 2 aromatic rings. The Balaban J connectivity index is 1.66. The molecule has 0 aromatic carbocycles. The summed E-state index contributed by atoms with van der Waals surface area (Å²) in [6.45, 7) is 10.2. The molecular formula is C25H35N5O3S. The molecule has 0 spiro atoms. The Labute approximate surface area is 205 Å². The van der Waals surface area contributed by atoms with E-state index in [9.17, 15) is 14.7 Å². The van der Waals surface area contributed by atoms with Gasteiger partial charge in [0.25, 0.3) is 11.8 Å². The zero-order chi connectivity index (χ0) is 24.6. The minimum atomic E-state index is -1.04. The third kappa shape index (κ3) is 5.58. The molecule has 0 unspecified atom stereocenters. The van der Waals surface area contributed by atoms with Gasteiger partial charge in [-0.1, -0.05) is 0 Å². The highest BCUT2D eigenvalue weighted by molar-refractivity contribution is 7.17. The summed E-state index contributed by atoms with van der Waals surface area (Å²) < 4.78 is 0. The average molecular weight is 486 g/mol. The van der Waals surface area contributed by atoms with E-state index >= 15 is 0 Å². The molecule has 1 saturated heterocycles. The summed E-state index contributed by atoms with van der Waals surface area (Å²) in [7, 11) is 0. The van der Waals surface area contributed by atoms with Crippen LogP contribution >= 0.6 is 11.3 Å². The summed E-state index contributed by atoms with van der Waals surface area (Å²) in [5.41, 5.74) is 1.03. The van der Waals surface area contributed by atoms with Gasteiger partial charge in [0.05, 0.1) is 10.5 Å². The van der Waals surface area contributed by atoms with Crippen LogP contribution in [-0.2, 0) is 0 Å². The van der Waals surface area contributed by atoms with Gasteiger partial charge in [0.15, 0.2) is 5.01 Å². The van der Waals surface area contributed by atoms with Crippen LogP contribution in [0.15, 0.2) is 12.3 Å². The first-order chi connectivity index (χ1) is 16.0. The molecule has 1 aliphatic carbocycles. The van der Waals surface area contributed by atoms with Crippen LogP contribution in [0, 0.1) is 12.8 Å². The van der Waals surface area contributed by atoms with Crippen molar-refractivity contribution in [3.63, 3.8) is 0 Å². The summed E-state index contributed by atoms with van der Waals surface area (Å²) in [6, 6.07) is 2.51. The predicted octanol–water partition coefficient (Wildman–Crippen LogP) is 3.85. The van der Waals surface area contributed by atoms with Crippen molar-refractivity contribution in [3.8, 4) is 10.4 Å². The first kappa shape index (κ1) is 24.6. The Bertz CT molecular complexity index is 1070. The van der Waals surface area contributed by atoms with Crippen LogP contribution in [0.25, 0.3) is 10.4 Å². The largest absolute Gasteiger partial charge is 0.389 e. The molecule has 2 aliphatic rings. The number of nitrogens with zero attached hydrogens (tertiary/aromatic N) is 3. The van der Waals surface area contributed by atoms with Gasteiger partial charge in [0.2, 0.25) is 0 Å². The van der Waals surface area contributed by atoms with Gasteiger partial charge in [0, 0.05) is 36.9 Å². The molecule has 184 valence electrons. The molecule has 2 atom stereocenters. The Hall–Kier alpha value is -2.52. The van der Waals surface area contributed by atoms with Gasteiger partial charge in [0.1, 0.15) is 11.5 Å². The van der Waals surface area contributed by atoms with Crippen molar-refractivity contribution in [2.45, 2.75) is 78.0 Å². The number of carbonyl (C=O) groups is 2. The summed E-state index contributed by atoms with van der Waals surface area (Å²) in [5.74, 6) is 0.972. The third-order valence-electron chi connectivity index (χ3n) is 6.58. The standard InChI is InChI=1S/C25H35N5O3S/c1-14-11-19(28-16(3)17-8-9-17)26-12-18(14)21-20(24(32)30-10-6-7-15(30)2)29-23(34-21)22(31)27-13-25(4,5)33/h11-12,15-17,33H,6-10,13H2,1-5H3,(H,26,28)(H,27,31)/t15-,16+/m1/s1. The lowest BCUT2D eigenvalue weighted by atomic mass is 10.1. The molecule has 0 radical (unpaired) electrons. The molecule has 8 nitrogen and oxygen atoms in total. The van der Waals surface area contributed by atoms with Crippen molar-refractivity contribution in [2.24, 2.45) is 5.92 Å². The fraction of sp³-hybridized carbons (Fsp3) is 0.600. The molecule has 9 heteroatoms. The lowest BCUT2D eigenvalue weighted by Gasteiger charge is -2.21. The van der Waals surface area contributed by atoms with Crippen LogP contribution in [0.2, 0.25) is 0 Å². The number of hydrogen-bond donors (Lipinski definition) is 3. The maximum Gasteiger partial charge on any atom is 0.280 e. The van der Waals surface area contributed by atoms with Crippen LogP contribution < -0.4 is 10.6 Å². The van der Waals surface area contributed by atoms with Gasteiger partial charge in [-0.15, -0.1) is 11.3 Å². The smallest absolute Gasteiger partial charge is 0.280 e. The SMILES string of the molecule is Cc1cc(N[C@@H](C)C2CC2)ncc1-c1sc(C(=O)NCC(C)(C)O)nc1C(=O)N1CCC[C@H]1C. The predicted molar refractivity (Wildman–Crippen MR) is 134 cm³/mol. The van der Waals surface area contributed by atoms with Crippen molar-refractivity contribution in [2.75, 3.05) is 18.4 Å². The quantitative estimate of drug-likeness (QED) is 0.524. The summed E-state index contributed by atoms with van der Waals surface area (Å²) in [4.78, 5) is 37.9. The maximum atomic E-state index is 13.5. The van der Waals surface area contributed by atoms with E-state index in [1.165, 1.54) is 24.2 Å². The van der Waals surface area contributed by atoms with E-state index in [1.54, 1.807) is 20.0 Å². The number of pyridine rings is 1. The molecule has 1 aliphatic heterocycles. The Morgan fingerprint density at radius 1 is 1.32 bits per heavy atom. The number of nitrogens with one attached hydrogen (secondary N) is 2. The lowest BCUT2D eigenvalue weighted by Crippen LogP contribution is -2.38. The van der Waals surface area contributed by atoms with Crippen molar-refractivity contribution in [3.05, 3.63) is 28.5 Å². The van der Waals surface area contributed by atoms with Gasteiger partial charge in [-0.25, -0.2) is 9.97 Å². The second kappa shape index (κ2) is 9.62. The number of carbonyl (C=O) groups excluding carboxylic acids is 2. The van der Waals surface area contributed by atoms with Gasteiger partial charge < -0.3 is 20.6 Å². The maximum absolute atomic E-state index is 13.5. The minimum Gasteiger partial charge on any atom is -0.389 e. The van der Waals surface area contributed by atoms with E-state index in [4.69, 9.17) is 0 Å². The van der Waals surface area contributed by atoms with E-state index < -0.39 is 11.5 Å². The van der Waals surface area contributed by atoms with Gasteiger partial charge in [-0.3, -0.25) is 9.59 Å². The molecule has 2 amide bonds. The number of aliphatic hydroxyl groups is 1. The fourth-order valence-corrected chi connectivity index (χ4v) is 5.36.